The number of fused-ring (bicyclic) bond motifs is 1. The number of carbonyl (C=O) groups excluding carboxylic acids is 1. The molecule has 3 aromatic heterocycles. The van der Waals surface area contributed by atoms with Crippen LogP contribution in [0.3, 0.4) is 0 Å². The average molecular weight is 423 g/mol. The Hall–Kier alpha value is -2.87. The van der Waals surface area contributed by atoms with Gasteiger partial charge in [0.05, 0.1) is 12.7 Å². The highest BCUT2D eigenvalue weighted by molar-refractivity contribution is 5.83. The number of hydrogen-bond acceptors (Lipinski definition) is 6. The summed E-state index contributed by atoms with van der Waals surface area (Å²) in [7, 11) is 0. The summed E-state index contributed by atoms with van der Waals surface area (Å²) >= 11 is 0. The number of anilines is 1. The number of carbonyl (C=O) groups is 1. The highest BCUT2D eigenvalue weighted by Gasteiger charge is 2.27. The molecule has 2 aliphatic rings. The summed E-state index contributed by atoms with van der Waals surface area (Å²) in [5, 5.41) is 3.51. The molecule has 5 rings (SSSR count). The predicted octanol–water partition coefficient (Wildman–Crippen LogP) is 3.57. The van der Waals surface area contributed by atoms with Gasteiger partial charge in [-0.15, -0.1) is 0 Å². The molecule has 0 spiro atoms. The molecule has 4 heterocycles. The van der Waals surface area contributed by atoms with E-state index in [0.717, 1.165) is 44.6 Å². The number of aromatic nitrogens is 4. The molecule has 31 heavy (non-hydrogen) atoms. The summed E-state index contributed by atoms with van der Waals surface area (Å²) in [6.07, 6.45) is 11.3. The van der Waals surface area contributed by atoms with Crippen molar-refractivity contribution in [3.63, 3.8) is 0 Å². The lowest BCUT2D eigenvalue weighted by Gasteiger charge is -2.33. The number of likely N-dealkylation sites (tertiary alicyclic amines) is 1. The van der Waals surface area contributed by atoms with Gasteiger partial charge in [-0.25, -0.2) is 19.3 Å². The number of hydrogen-bond donors (Lipinski definition) is 1. The highest BCUT2D eigenvalue weighted by Crippen LogP contribution is 2.26. The Morgan fingerprint density at radius 2 is 2.00 bits per heavy atom. The van der Waals surface area contributed by atoms with E-state index in [1.807, 2.05) is 6.07 Å². The second-order valence-electron chi connectivity index (χ2n) is 8.65. The number of rotatable bonds is 6. The molecule has 0 aromatic carbocycles. The van der Waals surface area contributed by atoms with Gasteiger partial charge in [0, 0.05) is 30.9 Å². The molecule has 2 fully saturated rings. The number of nitrogens with one attached hydrogen (secondary N) is 1. The molecule has 1 N–H and O–H groups in total. The average Bonchev–Trinajstić information content (AvgIpc) is 3.44. The lowest BCUT2D eigenvalue weighted by molar-refractivity contribution is -0.124. The van der Waals surface area contributed by atoms with E-state index in [4.69, 9.17) is 0 Å². The van der Waals surface area contributed by atoms with E-state index in [1.54, 1.807) is 22.9 Å². The van der Waals surface area contributed by atoms with Crippen molar-refractivity contribution in [2.45, 2.75) is 44.6 Å². The minimum atomic E-state index is -0.338. The molecule has 1 aliphatic heterocycles. The second kappa shape index (κ2) is 8.70. The maximum Gasteiger partial charge on any atom is 0.180 e. The van der Waals surface area contributed by atoms with Crippen molar-refractivity contribution in [3.05, 3.63) is 42.6 Å². The fourth-order valence-electron chi connectivity index (χ4n) is 4.81. The van der Waals surface area contributed by atoms with Crippen LogP contribution in [0.1, 0.15) is 38.5 Å². The molecular formula is C23H27FN6O. The van der Waals surface area contributed by atoms with Crippen molar-refractivity contribution in [2.75, 3.05) is 25.0 Å². The third kappa shape index (κ3) is 4.44. The zero-order chi connectivity index (χ0) is 21.2. The maximum atomic E-state index is 13.7. The van der Waals surface area contributed by atoms with Gasteiger partial charge in [-0.2, -0.15) is 0 Å². The lowest BCUT2D eigenvalue weighted by Crippen LogP contribution is -2.45. The van der Waals surface area contributed by atoms with Crippen molar-refractivity contribution < 1.29 is 9.18 Å². The largest absolute Gasteiger partial charge is 0.366 e. The van der Waals surface area contributed by atoms with Crippen LogP contribution >= 0.6 is 0 Å². The zero-order valence-corrected chi connectivity index (χ0v) is 17.5. The Labute approximate surface area is 180 Å². The third-order valence-corrected chi connectivity index (χ3v) is 6.40. The van der Waals surface area contributed by atoms with Gasteiger partial charge in [0.25, 0.3) is 0 Å². The number of Topliss-reactive ketones (excluding diaryl/α,β-unsaturated/α-hetero) is 1. The number of halogens is 1. The van der Waals surface area contributed by atoms with Crippen LogP contribution in [0.2, 0.25) is 0 Å². The van der Waals surface area contributed by atoms with Crippen LogP contribution in [-0.2, 0) is 4.79 Å². The van der Waals surface area contributed by atoms with Crippen LogP contribution in [0, 0.1) is 11.7 Å². The molecule has 0 radical (unpaired) electrons. The van der Waals surface area contributed by atoms with E-state index in [-0.39, 0.29) is 17.8 Å². The number of piperidine rings is 1. The highest BCUT2D eigenvalue weighted by atomic mass is 19.1. The van der Waals surface area contributed by atoms with E-state index >= 15 is 0 Å². The van der Waals surface area contributed by atoms with E-state index < -0.39 is 0 Å². The Morgan fingerprint density at radius 1 is 1.13 bits per heavy atom. The fourth-order valence-corrected chi connectivity index (χ4v) is 4.81. The molecule has 1 saturated heterocycles. The molecule has 8 heteroatoms. The van der Waals surface area contributed by atoms with Gasteiger partial charge in [-0.05, 0) is 50.4 Å². The molecule has 3 aromatic rings. The summed E-state index contributed by atoms with van der Waals surface area (Å²) < 4.78 is 15.4. The number of nitrogens with zero attached hydrogens (tertiary/aromatic N) is 5. The summed E-state index contributed by atoms with van der Waals surface area (Å²) in [4.78, 5) is 28.2. The first-order valence-electron chi connectivity index (χ1n) is 11.1. The van der Waals surface area contributed by atoms with E-state index in [1.165, 1.54) is 25.1 Å². The topological polar surface area (TPSA) is 75.4 Å². The second-order valence-corrected chi connectivity index (χ2v) is 8.65. The van der Waals surface area contributed by atoms with Gasteiger partial charge in [0.1, 0.15) is 28.8 Å². The number of pyridine rings is 1. The Morgan fingerprint density at radius 3 is 2.87 bits per heavy atom. The van der Waals surface area contributed by atoms with Crippen molar-refractivity contribution in [3.8, 4) is 11.5 Å². The van der Waals surface area contributed by atoms with Crippen LogP contribution < -0.4 is 5.32 Å². The van der Waals surface area contributed by atoms with Gasteiger partial charge >= 0.3 is 0 Å². The van der Waals surface area contributed by atoms with Gasteiger partial charge in [0.2, 0.25) is 0 Å². The van der Waals surface area contributed by atoms with Gasteiger partial charge < -0.3 is 5.32 Å². The predicted molar refractivity (Wildman–Crippen MR) is 116 cm³/mol. The first-order valence-corrected chi connectivity index (χ1v) is 11.1. The number of ketones is 1. The number of imidazole rings is 1. The molecule has 1 saturated carbocycles. The van der Waals surface area contributed by atoms with Crippen molar-refractivity contribution in [1.29, 1.82) is 0 Å². The molecule has 1 atom stereocenters. The standard InChI is InChI=1S/C23H27FN6O/c24-17-7-8-22-26-12-19(30(22)13-17)23-25-10-9-21(28-23)27-18-6-3-11-29(14-18)15-20(31)16-4-1-2-5-16/h7-10,12-13,16,18H,1-6,11,14-15H2,(H,25,27,28)/t18-/m1/s1. The van der Waals surface area contributed by atoms with Crippen LogP contribution in [0.5, 0.6) is 0 Å². The smallest absolute Gasteiger partial charge is 0.180 e. The van der Waals surface area contributed by atoms with Crippen LogP contribution in [0.15, 0.2) is 36.8 Å². The monoisotopic (exact) mass is 422 g/mol. The van der Waals surface area contributed by atoms with Crippen molar-refractivity contribution in [1.82, 2.24) is 24.3 Å². The molecular weight excluding hydrogens is 395 g/mol. The van der Waals surface area contributed by atoms with E-state index in [0.29, 0.717) is 29.5 Å². The Kier molecular flexibility index (Phi) is 5.63. The fraction of sp³-hybridized carbons (Fsp3) is 0.478. The van der Waals surface area contributed by atoms with E-state index in [9.17, 15) is 9.18 Å². The molecule has 162 valence electrons. The normalized spacial score (nSPS) is 20.4. The van der Waals surface area contributed by atoms with Crippen molar-refractivity contribution >= 4 is 17.2 Å². The summed E-state index contributed by atoms with van der Waals surface area (Å²) in [6.45, 7) is 2.36. The van der Waals surface area contributed by atoms with Gasteiger partial charge in [-0.1, -0.05) is 12.8 Å². The minimum Gasteiger partial charge on any atom is -0.366 e. The molecule has 7 nitrogen and oxygen atoms in total. The Bertz CT molecular complexity index is 1080. The summed E-state index contributed by atoms with van der Waals surface area (Å²) in [6, 6.07) is 5.09. The molecule has 1 aliphatic carbocycles. The molecule has 0 unspecified atom stereocenters. The van der Waals surface area contributed by atoms with E-state index in [2.05, 4.69) is 25.2 Å². The molecule has 0 amide bonds. The van der Waals surface area contributed by atoms with Crippen LogP contribution in [-0.4, -0.2) is 55.7 Å². The molecule has 0 bridgehead atoms. The van der Waals surface area contributed by atoms with Crippen LogP contribution in [0.4, 0.5) is 10.2 Å². The van der Waals surface area contributed by atoms with Crippen LogP contribution in [0.25, 0.3) is 17.2 Å². The SMILES string of the molecule is O=C(CN1CCC[C@@H](Nc2ccnc(-c3cnc4ccc(F)cn34)n2)C1)C1CCCC1. The third-order valence-electron chi connectivity index (χ3n) is 6.40. The van der Waals surface area contributed by atoms with Crippen molar-refractivity contribution in [2.24, 2.45) is 5.92 Å². The first kappa shape index (κ1) is 20.1. The summed E-state index contributed by atoms with van der Waals surface area (Å²) in [5.74, 6) is 1.56. The first-order chi connectivity index (χ1) is 15.2. The lowest BCUT2D eigenvalue weighted by atomic mass is 10.00. The minimum absolute atomic E-state index is 0.229. The quantitative estimate of drug-likeness (QED) is 0.655. The Balaban J connectivity index is 1.27. The van der Waals surface area contributed by atoms with Gasteiger partial charge in [0.15, 0.2) is 5.82 Å². The zero-order valence-electron chi connectivity index (χ0n) is 17.5. The van der Waals surface area contributed by atoms with Gasteiger partial charge in [-0.3, -0.25) is 14.1 Å². The summed E-state index contributed by atoms with van der Waals surface area (Å²) in [5.41, 5.74) is 1.29. The maximum absolute atomic E-state index is 13.7.